The molecule has 0 aromatic heterocycles. The van der Waals surface area contributed by atoms with Crippen LogP contribution in [0.4, 0.5) is 0 Å². The Labute approximate surface area is 217 Å². The molecule has 1 saturated carbocycles. The van der Waals surface area contributed by atoms with Gasteiger partial charge in [-0.2, -0.15) is 0 Å². The average molecular weight is 493 g/mol. The van der Waals surface area contributed by atoms with Crippen LogP contribution >= 0.6 is 0 Å². The van der Waals surface area contributed by atoms with Crippen molar-refractivity contribution in [1.82, 2.24) is 10.2 Å². The van der Waals surface area contributed by atoms with Crippen molar-refractivity contribution in [2.24, 2.45) is 0 Å². The lowest BCUT2D eigenvalue weighted by Gasteiger charge is -2.33. The van der Waals surface area contributed by atoms with Crippen molar-refractivity contribution in [3.8, 4) is 5.75 Å². The Bertz CT molecular complexity index is 988. The van der Waals surface area contributed by atoms with Crippen LogP contribution in [0, 0.1) is 0 Å². The van der Waals surface area contributed by atoms with Crippen molar-refractivity contribution in [2.45, 2.75) is 103 Å². The van der Waals surface area contributed by atoms with Crippen molar-refractivity contribution in [1.29, 1.82) is 0 Å². The van der Waals surface area contributed by atoms with Gasteiger partial charge in [0.15, 0.2) is 0 Å². The largest absolute Gasteiger partial charge is 0.497 e. The van der Waals surface area contributed by atoms with Gasteiger partial charge in [0.1, 0.15) is 11.8 Å². The maximum Gasteiger partial charge on any atom is 0.243 e. The Hall–Kier alpha value is -2.82. The van der Waals surface area contributed by atoms with E-state index in [4.69, 9.17) is 4.74 Å². The Morgan fingerprint density at radius 3 is 2.33 bits per heavy atom. The van der Waals surface area contributed by atoms with E-state index < -0.39 is 6.04 Å². The quantitative estimate of drug-likeness (QED) is 0.431. The molecule has 5 heteroatoms. The van der Waals surface area contributed by atoms with E-state index in [2.05, 4.69) is 50.4 Å². The smallest absolute Gasteiger partial charge is 0.243 e. The highest BCUT2D eigenvalue weighted by molar-refractivity contribution is 5.88. The number of aryl methyl sites for hydroxylation is 1. The molecule has 0 bridgehead atoms. The lowest BCUT2D eigenvalue weighted by Crippen LogP contribution is -2.51. The molecule has 1 aliphatic rings. The number of amides is 2. The fraction of sp³-hybridized carbons (Fsp3) is 0.548. The van der Waals surface area contributed by atoms with Gasteiger partial charge in [-0.3, -0.25) is 9.59 Å². The van der Waals surface area contributed by atoms with Crippen LogP contribution in [0.25, 0.3) is 0 Å². The molecule has 1 aliphatic carbocycles. The van der Waals surface area contributed by atoms with E-state index in [0.717, 1.165) is 42.6 Å². The maximum absolute atomic E-state index is 13.6. The number of carbonyl (C=O) groups excluding carboxylic acids is 2. The second-order valence-electron chi connectivity index (χ2n) is 11.1. The highest BCUT2D eigenvalue weighted by atomic mass is 16.5. The van der Waals surface area contributed by atoms with Gasteiger partial charge in [0, 0.05) is 19.0 Å². The summed E-state index contributed by atoms with van der Waals surface area (Å²) in [6.07, 6.45) is 7.19. The van der Waals surface area contributed by atoms with E-state index in [1.54, 1.807) is 12.0 Å². The lowest BCUT2D eigenvalue weighted by molar-refractivity contribution is -0.141. The standard InChI is InChI=1S/C31H44N2O3/c1-6-28(30(35)32-26-12-8-7-9-13-26)33(22-24-11-10-14-27(21-24)36-5)29(34)20-17-23-15-18-25(19-16-23)31(2,3)4/h10-11,14-16,18-19,21,26,28H,6-9,12-13,17,20,22H2,1-5H3,(H,32,35). The van der Waals surface area contributed by atoms with E-state index in [1.807, 2.05) is 31.2 Å². The summed E-state index contributed by atoms with van der Waals surface area (Å²) in [4.78, 5) is 28.8. The van der Waals surface area contributed by atoms with Crippen LogP contribution in [0.1, 0.15) is 89.3 Å². The van der Waals surface area contributed by atoms with Crippen molar-refractivity contribution >= 4 is 11.8 Å². The van der Waals surface area contributed by atoms with E-state index in [9.17, 15) is 9.59 Å². The highest BCUT2D eigenvalue weighted by Crippen LogP contribution is 2.24. The number of nitrogens with zero attached hydrogens (tertiary/aromatic N) is 1. The summed E-state index contributed by atoms with van der Waals surface area (Å²) in [6, 6.07) is 16.0. The Morgan fingerprint density at radius 1 is 1.03 bits per heavy atom. The van der Waals surface area contributed by atoms with Crippen LogP contribution in [0.15, 0.2) is 48.5 Å². The summed E-state index contributed by atoms with van der Waals surface area (Å²) in [5.74, 6) is 0.720. The predicted molar refractivity (Wildman–Crippen MR) is 146 cm³/mol. The highest BCUT2D eigenvalue weighted by Gasteiger charge is 2.30. The lowest BCUT2D eigenvalue weighted by atomic mass is 9.86. The van der Waals surface area contributed by atoms with Crippen molar-refractivity contribution < 1.29 is 14.3 Å². The maximum atomic E-state index is 13.6. The van der Waals surface area contributed by atoms with E-state index in [1.165, 1.54) is 12.0 Å². The zero-order chi connectivity index (χ0) is 26.1. The number of rotatable bonds is 10. The van der Waals surface area contributed by atoms with E-state index in [0.29, 0.717) is 25.8 Å². The second-order valence-corrected chi connectivity index (χ2v) is 11.1. The van der Waals surface area contributed by atoms with E-state index in [-0.39, 0.29) is 23.3 Å². The zero-order valence-corrected chi connectivity index (χ0v) is 22.8. The minimum absolute atomic E-state index is 0.00311. The SMILES string of the molecule is CCC(C(=O)NC1CCCCC1)N(Cc1cccc(OC)c1)C(=O)CCc1ccc(C(C)(C)C)cc1. The first-order chi connectivity index (χ1) is 17.2. The number of hydrogen-bond donors (Lipinski definition) is 1. The molecular formula is C31H44N2O3. The van der Waals surface area contributed by atoms with Gasteiger partial charge >= 0.3 is 0 Å². The number of carbonyl (C=O) groups is 2. The summed E-state index contributed by atoms with van der Waals surface area (Å²) >= 11 is 0. The summed E-state index contributed by atoms with van der Waals surface area (Å²) in [6.45, 7) is 8.97. The van der Waals surface area contributed by atoms with Gasteiger partial charge in [0.05, 0.1) is 7.11 Å². The van der Waals surface area contributed by atoms with E-state index >= 15 is 0 Å². The van der Waals surface area contributed by atoms with Crippen LogP contribution in [0.3, 0.4) is 0 Å². The van der Waals surface area contributed by atoms with Crippen LogP contribution < -0.4 is 10.1 Å². The van der Waals surface area contributed by atoms with Crippen LogP contribution in [-0.4, -0.2) is 35.9 Å². The first kappa shape index (κ1) is 27.8. The Kier molecular flexibility index (Phi) is 9.98. The molecular weight excluding hydrogens is 448 g/mol. The molecule has 0 aliphatic heterocycles. The molecule has 1 atom stereocenters. The van der Waals surface area contributed by atoms with Gasteiger partial charge in [-0.1, -0.05) is 83.4 Å². The number of nitrogens with one attached hydrogen (secondary N) is 1. The fourth-order valence-corrected chi connectivity index (χ4v) is 5.00. The minimum atomic E-state index is -0.492. The van der Waals surface area contributed by atoms with Gasteiger partial charge < -0.3 is 15.0 Å². The Balaban J connectivity index is 1.75. The third-order valence-corrected chi connectivity index (χ3v) is 7.27. The minimum Gasteiger partial charge on any atom is -0.497 e. The molecule has 2 amide bonds. The first-order valence-electron chi connectivity index (χ1n) is 13.5. The molecule has 0 spiro atoms. The van der Waals surface area contributed by atoms with Crippen molar-refractivity contribution in [3.05, 3.63) is 65.2 Å². The van der Waals surface area contributed by atoms with Crippen LogP contribution in [0.5, 0.6) is 5.75 Å². The molecule has 2 aromatic rings. The molecule has 2 aromatic carbocycles. The molecule has 5 nitrogen and oxygen atoms in total. The number of ether oxygens (including phenoxy) is 1. The second kappa shape index (κ2) is 12.9. The normalized spacial score (nSPS) is 15.2. The molecule has 1 fully saturated rings. The van der Waals surface area contributed by atoms with Crippen molar-refractivity contribution in [2.75, 3.05) is 7.11 Å². The third kappa shape index (κ3) is 7.84. The fourth-order valence-electron chi connectivity index (χ4n) is 5.00. The topological polar surface area (TPSA) is 58.6 Å². The van der Waals surface area contributed by atoms with Gasteiger partial charge in [0.25, 0.3) is 0 Å². The van der Waals surface area contributed by atoms with Crippen LogP contribution in [0.2, 0.25) is 0 Å². The van der Waals surface area contributed by atoms with Crippen LogP contribution in [-0.2, 0) is 28.0 Å². The summed E-state index contributed by atoms with van der Waals surface area (Å²) in [5, 5.41) is 3.25. The van der Waals surface area contributed by atoms with Gasteiger partial charge in [-0.15, -0.1) is 0 Å². The van der Waals surface area contributed by atoms with Gasteiger partial charge in [-0.05, 0) is 59.9 Å². The molecule has 36 heavy (non-hydrogen) atoms. The number of benzene rings is 2. The Morgan fingerprint density at radius 2 is 1.72 bits per heavy atom. The molecule has 3 rings (SSSR count). The first-order valence-corrected chi connectivity index (χ1v) is 13.5. The zero-order valence-electron chi connectivity index (χ0n) is 22.8. The molecule has 0 heterocycles. The third-order valence-electron chi connectivity index (χ3n) is 7.27. The van der Waals surface area contributed by atoms with Gasteiger partial charge in [0.2, 0.25) is 11.8 Å². The van der Waals surface area contributed by atoms with Gasteiger partial charge in [-0.25, -0.2) is 0 Å². The monoisotopic (exact) mass is 492 g/mol. The molecule has 1 unspecified atom stereocenters. The predicted octanol–water partition coefficient (Wildman–Crippen LogP) is 6.18. The average Bonchev–Trinajstić information content (AvgIpc) is 2.87. The number of methoxy groups -OCH3 is 1. The van der Waals surface area contributed by atoms with Crippen molar-refractivity contribution in [3.63, 3.8) is 0 Å². The molecule has 196 valence electrons. The molecule has 0 radical (unpaired) electrons. The summed E-state index contributed by atoms with van der Waals surface area (Å²) in [5.41, 5.74) is 3.48. The molecule has 1 N–H and O–H groups in total. The molecule has 0 saturated heterocycles. The summed E-state index contributed by atoms with van der Waals surface area (Å²) < 4.78 is 5.39. The number of hydrogen-bond acceptors (Lipinski definition) is 3. The summed E-state index contributed by atoms with van der Waals surface area (Å²) in [7, 11) is 1.64.